The highest BCUT2D eigenvalue weighted by molar-refractivity contribution is 5.92. The Kier molecular flexibility index (Phi) is 6.46. The third-order valence-corrected chi connectivity index (χ3v) is 7.66. The molecule has 0 aromatic heterocycles. The number of rotatable bonds is 9. The summed E-state index contributed by atoms with van der Waals surface area (Å²) >= 11 is 0. The number of unbranched alkanes of at least 4 members (excludes halogenated alkanes) is 3. The molecule has 0 heterocycles. The normalized spacial score (nSPS) is 24.9. The molecular formula is C29H35NO. The Labute approximate surface area is 187 Å². The van der Waals surface area contributed by atoms with Gasteiger partial charge in [0.2, 0.25) is 5.91 Å². The summed E-state index contributed by atoms with van der Waals surface area (Å²) in [4.78, 5) is 12.5. The molecule has 0 spiro atoms. The summed E-state index contributed by atoms with van der Waals surface area (Å²) in [7, 11) is 0. The van der Waals surface area contributed by atoms with Gasteiger partial charge in [0.1, 0.15) is 0 Å². The van der Waals surface area contributed by atoms with E-state index in [4.69, 9.17) is 5.73 Å². The molecule has 0 radical (unpaired) electrons. The molecule has 0 aliphatic heterocycles. The molecule has 0 bridgehead atoms. The van der Waals surface area contributed by atoms with Crippen molar-refractivity contribution in [3.05, 3.63) is 83.9 Å². The van der Waals surface area contributed by atoms with Gasteiger partial charge in [-0.05, 0) is 60.3 Å². The minimum Gasteiger partial charge on any atom is -0.369 e. The Morgan fingerprint density at radius 3 is 2.35 bits per heavy atom. The van der Waals surface area contributed by atoms with Gasteiger partial charge in [0, 0.05) is 11.3 Å². The Bertz CT molecular complexity index is 959. The maximum Gasteiger partial charge on any atom is 0.220 e. The molecule has 1 saturated carbocycles. The highest BCUT2D eigenvalue weighted by Gasteiger charge is 2.58. The first-order valence-electron chi connectivity index (χ1n) is 11.9. The molecule has 2 N–H and O–H groups in total. The molecule has 4 rings (SSSR count). The fourth-order valence-corrected chi connectivity index (χ4v) is 6.24. The standard InChI is InChI=1S/C29H35NO/c1-3-4-5-8-17-24-20-26-25(28(30)31)18-19-29(26,21(2)22-13-9-6-10-14-22)27(24)23-15-11-7-12-16-23/h6-7,9-16,25-26H,2-5,8,17-20H2,1H3,(H2,30,31)/t25-,26?,29+/m1/s1. The van der Waals surface area contributed by atoms with Gasteiger partial charge in [-0.1, -0.05) is 99.0 Å². The van der Waals surface area contributed by atoms with Gasteiger partial charge in [0.25, 0.3) is 0 Å². The second-order valence-electron chi connectivity index (χ2n) is 9.33. The van der Waals surface area contributed by atoms with Crippen LogP contribution in [-0.2, 0) is 4.79 Å². The molecule has 2 nitrogen and oxygen atoms in total. The van der Waals surface area contributed by atoms with E-state index in [1.807, 2.05) is 0 Å². The number of carbonyl (C=O) groups is 1. The summed E-state index contributed by atoms with van der Waals surface area (Å²) in [6.45, 7) is 6.92. The minimum absolute atomic E-state index is 0.0766. The zero-order valence-corrected chi connectivity index (χ0v) is 18.8. The number of amides is 1. The van der Waals surface area contributed by atoms with Crippen LogP contribution < -0.4 is 5.73 Å². The van der Waals surface area contributed by atoms with Crippen LogP contribution in [0.3, 0.4) is 0 Å². The average molecular weight is 414 g/mol. The van der Waals surface area contributed by atoms with Crippen LogP contribution in [0, 0.1) is 17.3 Å². The average Bonchev–Trinajstić information content (AvgIpc) is 3.32. The van der Waals surface area contributed by atoms with Gasteiger partial charge in [-0.25, -0.2) is 0 Å². The predicted octanol–water partition coefficient (Wildman–Crippen LogP) is 7.03. The molecule has 1 unspecified atom stereocenters. The second-order valence-corrected chi connectivity index (χ2v) is 9.33. The van der Waals surface area contributed by atoms with Crippen LogP contribution in [0.2, 0.25) is 0 Å². The Morgan fingerprint density at radius 1 is 1.03 bits per heavy atom. The lowest BCUT2D eigenvalue weighted by atomic mass is 9.65. The first-order chi connectivity index (χ1) is 15.1. The number of hydrogen-bond acceptors (Lipinski definition) is 1. The van der Waals surface area contributed by atoms with Gasteiger partial charge in [-0.2, -0.15) is 0 Å². The lowest BCUT2D eigenvalue weighted by molar-refractivity contribution is -0.123. The lowest BCUT2D eigenvalue weighted by Crippen LogP contribution is -2.32. The van der Waals surface area contributed by atoms with Crippen molar-refractivity contribution in [2.45, 2.75) is 58.3 Å². The lowest BCUT2D eigenvalue weighted by Gasteiger charge is -2.37. The smallest absolute Gasteiger partial charge is 0.220 e. The zero-order valence-electron chi connectivity index (χ0n) is 18.8. The fraction of sp³-hybridized carbons (Fsp3) is 0.414. The van der Waals surface area contributed by atoms with E-state index in [1.54, 1.807) is 0 Å². The number of fused-ring (bicyclic) bond motifs is 1. The predicted molar refractivity (Wildman–Crippen MR) is 130 cm³/mol. The molecule has 2 heteroatoms. The third-order valence-electron chi connectivity index (χ3n) is 7.66. The van der Waals surface area contributed by atoms with Crippen LogP contribution in [-0.4, -0.2) is 5.91 Å². The van der Waals surface area contributed by atoms with E-state index in [0.29, 0.717) is 0 Å². The topological polar surface area (TPSA) is 43.1 Å². The molecule has 0 saturated heterocycles. The molecule has 3 atom stereocenters. The number of primary amides is 1. The van der Waals surface area contributed by atoms with Crippen LogP contribution in [0.15, 0.2) is 72.8 Å². The molecule has 1 fully saturated rings. The largest absolute Gasteiger partial charge is 0.369 e. The molecular weight excluding hydrogens is 378 g/mol. The molecule has 2 aliphatic carbocycles. The van der Waals surface area contributed by atoms with E-state index < -0.39 is 0 Å². The first-order valence-corrected chi connectivity index (χ1v) is 11.9. The van der Waals surface area contributed by atoms with Crippen molar-refractivity contribution in [1.82, 2.24) is 0 Å². The Hall–Kier alpha value is -2.61. The Morgan fingerprint density at radius 2 is 1.71 bits per heavy atom. The molecule has 31 heavy (non-hydrogen) atoms. The number of hydrogen-bond donors (Lipinski definition) is 1. The summed E-state index contributed by atoms with van der Waals surface area (Å²) in [5, 5.41) is 0. The van der Waals surface area contributed by atoms with E-state index in [9.17, 15) is 4.79 Å². The van der Waals surface area contributed by atoms with E-state index in [-0.39, 0.29) is 23.2 Å². The fourth-order valence-electron chi connectivity index (χ4n) is 6.24. The summed E-state index contributed by atoms with van der Waals surface area (Å²) in [6, 6.07) is 21.3. The number of allylic oxidation sites excluding steroid dienone is 3. The van der Waals surface area contributed by atoms with Gasteiger partial charge in [-0.15, -0.1) is 0 Å². The molecule has 2 aromatic carbocycles. The first kappa shape index (κ1) is 21.6. The van der Waals surface area contributed by atoms with Crippen LogP contribution in [0.5, 0.6) is 0 Å². The number of carbonyl (C=O) groups excluding carboxylic acids is 1. The van der Waals surface area contributed by atoms with Crippen LogP contribution >= 0.6 is 0 Å². The molecule has 1 amide bonds. The van der Waals surface area contributed by atoms with Crippen LogP contribution in [0.4, 0.5) is 0 Å². The van der Waals surface area contributed by atoms with Gasteiger partial charge in [0.05, 0.1) is 0 Å². The summed E-state index contributed by atoms with van der Waals surface area (Å²) < 4.78 is 0. The Balaban J connectivity index is 1.83. The third kappa shape index (κ3) is 3.89. The van der Waals surface area contributed by atoms with E-state index in [1.165, 1.54) is 48.0 Å². The molecule has 162 valence electrons. The molecule has 2 aromatic rings. The van der Waals surface area contributed by atoms with Crippen molar-refractivity contribution in [2.24, 2.45) is 23.0 Å². The quantitative estimate of drug-likeness (QED) is 0.441. The SMILES string of the molecule is C=C(c1ccccc1)[C@@]12CC[C@@H](C(N)=O)C1CC(CCCCCC)=C2c1ccccc1. The van der Waals surface area contributed by atoms with Crippen molar-refractivity contribution in [1.29, 1.82) is 0 Å². The molecule has 2 aliphatic rings. The van der Waals surface area contributed by atoms with Crippen LogP contribution in [0.25, 0.3) is 11.1 Å². The van der Waals surface area contributed by atoms with Gasteiger partial charge >= 0.3 is 0 Å². The van der Waals surface area contributed by atoms with E-state index in [2.05, 4.69) is 74.2 Å². The van der Waals surface area contributed by atoms with E-state index in [0.717, 1.165) is 31.3 Å². The van der Waals surface area contributed by atoms with Gasteiger partial charge in [-0.3, -0.25) is 4.79 Å². The highest BCUT2D eigenvalue weighted by atomic mass is 16.1. The monoisotopic (exact) mass is 413 g/mol. The summed E-state index contributed by atoms with van der Waals surface area (Å²) in [5.74, 6) is -0.00575. The summed E-state index contributed by atoms with van der Waals surface area (Å²) in [6.07, 6.45) is 8.87. The maximum atomic E-state index is 12.5. The highest BCUT2D eigenvalue weighted by Crippen LogP contribution is 2.67. The zero-order chi connectivity index (χ0) is 21.8. The van der Waals surface area contributed by atoms with Crippen molar-refractivity contribution in [2.75, 3.05) is 0 Å². The van der Waals surface area contributed by atoms with Gasteiger partial charge < -0.3 is 5.73 Å². The van der Waals surface area contributed by atoms with E-state index >= 15 is 0 Å². The maximum absolute atomic E-state index is 12.5. The summed E-state index contributed by atoms with van der Waals surface area (Å²) in [5.41, 5.74) is 12.3. The van der Waals surface area contributed by atoms with Crippen molar-refractivity contribution in [3.63, 3.8) is 0 Å². The number of nitrogens with two attached hydrogens (primary N) is 1. The number of benzene rings is 2. The van der Waals surface area contributed by atoms with Gasteiger partial charge in [0.15, 0.2) is 0 Å². The van der Waals surface area contributed by atoms with Crippen molar-refractivity contribution < 1.29 is 4.79 Å². The second kappa shape index (κ2) is 9.26. The minimum atomic E-state index is -0.206. The van der Waals surface area contributed by atoms with Crippen molar-refractivity contribution in [3.8, 4) is 0 Å². The van der Waals surface area contributed by atoms with Crippen LogP contribution in [0.1, 0.15) is 69.4 Å². The van der Waals surface area contributed by atoms with Crippen molar-refractivity contribution >= 4 is 17.1 Å².